The molecule has 1 aliphatic rings. The second-order valence-corrected chi connectivity index (χ2v) is 5.09. The Balaban J connectivity index is 3.00. The molecule has 1 saturated carbocycles. The van der Waals surface area contributed by atoms with Crippen molar-refractivity contribution in [3.8, 4) is 0 Å². The number of thiocarbonyl (C=S) groups is 3. The number of alkyl halides is 1. The Labute approximate surface area is 94.7 Å². The van der Waals surface area contributed by atoms with E-state index in [1.807, 2.05) is 0 Å². The molecule has 0 N–H and O–H groups in total. The van der Waals surface area contributed by atoms with Gasteiger partial charge in [0.15, 0.2) is 0 Å². The van der Waals surface area contributed by atoms with Gasteiger partial charge >= 0.3 is 0 Å². The molecule has 0 aromatic rings. The molecule has 10 heavy (non-hydrogen) atoms. The molecule has 0 nitrogen and oxygen atoms in total. The number of thiol groups is 1. The van der Waals surface area contributed by atoms with Crippen molar-refractivity contribution in [3.63, 3.8) is 0 Å². The van der Waals surface area contributed by atoms with Crippen LogP contribution in [-0.2, 0) is 0 Å². The Morgan fingerprint density at radius 2 is 1.70 bits per heavy atom. The van der Waals surface area contributed by atoms with Crippen LogP contribution in [0.5, 0.6) is 0 Å². The van der Waals surface area contributed by atoms with Crippen molar-refractivity contribution in [2.45, 2.75) is 9.17 Å². The Hall–Kier alpha value is 1.35. The zero-order valence-electron chi connectivity index (χ0n) is 4.70. The van der Waals surface area contributed by atoms with E-state index in [-0.39, 0.29) is 9.17 Å². The van der Waals surface area contributed by atoms with Crippen molar-refractivity contribution >= 4 is 86.5 Å². The maximum atomic E-state index is 5.03. The van der Waals surface area contributed by atoms with Crippen LogP contribution in [-0.4, -0.2) is 23.8 Å². The van der Waals surface area contributed by atoms with Crippen LogP contribution in [0.25, 0.3) is 0 Å². The van der Waals surface area contributed by atoms with E-state index in [4.69, 9.17) is 36.7 Å². The van der Waals surface area contributed by atoms with Gasteiger partial charge in [0.25, 0.3) is 0 Å². The van der Waals surface area contributed by atoms with Crippen LogP contribution in [0, 0.1) is 0 Å². The van der Waals surface area contributed by atoms with Gasteiger partial charge in [-0.3, -0.25) is 0 Å². The first-order valence-electron chi connectivity index (χ1n) is 2.50. The Bertz CT molecular complexity index is 200. The molecular formula is C5H3IS4. The summed E-state index contributed by atoms with van der Waals surface area (Å²) in [5, 5.41) is 0.0654. The quantitative estimate of drug-likeness (QED) is 0.315. The van der Waals surface area contributed by atoms with Gasteiger partial charge in [-0.25, -0.2) is 0 Å². The highest BCUT2D eigenvalue weighted by Gasteiger charge is 2.35. The SMILES string of the molecule is S=C1C(=S)C(S)C(I)C1=S. The fourth-order valence-electron chi connectivity index (χ4n) is 0.657. The molecule has 54 valence electrons. The number of rotatable bonds is 0. The van der Waals surface area contributed by atoms with Crippen molar-refractivity contribution < 1.29 is 0 Å². The number of hydrogen-bond acceptors (Lipinski definition) is 4. The lowest BCUT2D eigenvalue weighted by Gasteiger charge is -2.02. The predicted octanol–water partition coefficient (Wildman–Crippen LogP) is 2.21. The summed E-state index contributed by atoms with van der Waals surface area (Å²) in [5.74, 6) is 0. The first-order valence-corrected chi connectivity index (χ1v) is 5.49. The zero-order chi connectivity index (χ0) is 7.89. The molecule has 0 aromatic carbocycles. The third-order valence-corrected chi connectivity index (χ3v) is 5.92. The average molecular weight is 318 g/mol. The van der Waals surface area contributed by atoms with Crippen LogP contribution >= 0.6 is 71.9 Å². The van der Waals surface area contributed by atoms with Crippen LogP contribution in [0.15, 0.2) is 0 Å². The third kappa shape index (κ3) is 1.43. The highest BCUT2D eigenvalue weighted by Crippen LogP contribution is 2.25. The number of halogens is 1. The van der Waals surface area contributed by atoms with Crippen LogP contribution in [0.2, 0.25) is 0 Å². The van der Waals surface area contributed by atoms with Gasteiger partial charge in [0.2, 0.25) is 0 Å². The maximum absolute atomic E-state index is 5.03. The summed E-state index contributed by atoms with van der Waals surface area (Å²) in [7, 11) is 0. The largest absolute Gasteiger partial charge is 0.169 e. The molecule has 0 radical (unpaired) electrons. The van der Waals surface area contributed by atoms with Gasteiger partial charge < -0.3 is 0 Å². The molecule has 0 spiro atoms. The van der Waals surface area contributed by atoms with Crippen molar-refractivity contribution in [2.75, 3.05) is 0 Å². The normalized spacial score (nSPS) is 33.6. The van der Waals surface area contributed by atoms with Crippen LogP contribution in [0.1, 0.15) is 0 Å². The molecule has 0 saturated heterocycles. The average Bonchev–Trinajstić information content (AvgIpc) is 2.07. The third-order valence-electron chi connectivity index (χ3n) is 1.24. The van der Waals surface area contributed by atoms with E-state index in [9.17, 15) is 0 Å². The zero-order valence-corrected chi connectivity index (χ0v) is 10.2. The summed E-state index contributed by atoms with van der Waals surface area (Å²) in [5.41, 5.74) is 0. The van der Waals surface area contributed by atoms with Gasteiger partial charge in [0, 0.05) is 9.73 Å². The van der Waals surface area contributed by atoms with Gasteiger partial charge in [0.1, 0.15) is 0 Å². The van der Waals surface area contributed by atoms with Gasteiger partial charge in [-0.15, -0.1) is 0 Å². The highest BCUT2D eigenvalue weighted by atomic mass is 127. The molecule has 0 heterocycles. The second kappa shape index (κ2) is 3.38. The summed E-state index contributed by atoms with van der Waals surface area (Å²) < 4.78 is 0.218. The van der Waals surface area contributed by atoms with Crippen molar-refractivity contribution in [1.82, 2.24) is 0 Å². The second-order valence-electron chi connectivity index (χ2n) is 1.90. The lowest BCUT2D eigenvalue weighted by molar-refractivity contribution is 1.33. The van der Waals surface area contributed by atoms with Crippen molar-refractivity contribution in [1.29, 1.82) is 0 Å². The van der Waals surface area contributed by atoms with E-state index < -0.39 is 0 Å². The summed E-state index contributed by atoms with van der Waals surface area (Å²) in [6.45, 7) is 0. The van der Waals surface area contributed by atoms with Crippen LogP contribution in [0.4, 0.5) is 0 Å². The summed E-state index contributed by atoms with van der Waals surface area (Å²) in [4.78, 5) is 2.20. The molecule has 0 bridgehead atoms. The fourth-order valence-corrected chi connectivity index (χ4v) is 3.06. The molecule has 5 heteroatoms. The van der Waals surface area contributed by atoms with Gasteiger partial charge in [-0.2, -0.15) is 12.6 Å². The molecule has 0 amide bonds. The van der Waals surface area contributed by atoms with E-state index in [0.717, 1.165) is 9.73 Å². The van der Waals surface area contributed by atoms with E-state index in [1.54, 1.807) is 0 Å². The minimum absolute atomic E-state index is 0.0654. The molecule has 2 atom stereocenters. The predicted molar refractivity (Wildman–Crippen MR) is 68.4 cm³/mol. The topological polar surface area (TPSA) is 0 Å². The van der Waals surface area contributed by atoms with Crippen molar-refractivity contribution in [2.24, 2.45) is 0 Å². The highest BCUT2D eigenvalue weighted by molar-refractivity contribution is 14.1. The lowest BCUT2D eigenvalue weighted by atomic mass is 10.4. The molecule has 0 aliphatic heterocycles. The van der Waals surface area contributed by atoms with Crippen LogP contribution in [0.3, 0.4) is 0 Å². The van der Waals surface area contributed by atoms with Crippen LogP contribution < -0.4 is 0 Å². The monoisotopic (exact) mass is 318 g/mol. The minimum Gasteiger partial charge on any atom is -0.169 e. The smallest absolute Gasteiger partial charge is 0.0679 e. The molecule has 0 aromatic heterocycles. The summed E-state index contributed by atoms with van der Waals surface area (Å²) in [6.07, 6.45) is 0. The molecule has 1 fully saturated rings. The Morgan fingerprint density at radius 3 is 1.80 bits per heavy atom. The van der Waals surface area contributed by atoms with Crippen molar-refractivity contribution in [3.05, 3.63) is 0 Å². The van der Waals surface area contributed by atoms with Gasteiger partial charge in [-0.1, -0.05) is 59.2 Å². The van der Waals surface area contributed by atoms with Gasteiger partial charge in [-0.05, 0) is 0 Å². The van der Waals surface area contributed by atoms with E-state index in [0.29, 0.717) is 4.86 Å². The van der Waals surface area contributed by atoms with E-state index >= 15 is 0 Å². The Morgan fingerprint density at radius 1 is 1.20 bits per heavy atom. The number of hydrogen-bond donors (Lipinski definition) is 1. The maximum Gasteiger partial charge on any atom is 0.0679 e. The summed E-state index contributed by atoms with van der Waals surface area (Å²) >= 11 is 21.5. The van der Waals surface area contributed by atoms with E-state index in [2.05, 4.69) is 35.2 Å². The fraction of sp³-hybridized carbons (Fsp3) is 0.400. The van der Waals surface area contributed by atoms with E-state index in [1.165, 1.54) is 0 Å². The molecule has 2 unspecified atom stereocenters. The summed E-state index contributed by atoms with van der Waals surface area (Å²) in [6, 6.07) is 0. The first kappa shape index (κ1) is 9.44. The standard InChI is InChI=1S/C5H3IS4/c6-1-2(7)4(9)5(10)3(1)8/h1-2,7H. The molecule has 1 aliphatic carbocycles. The molecular weight excluding hydrogens is 315 g/mol. The lowest BCUT2D eigenvalue weighted by Crippen LogP contribution is -2.14. The van der Waals surface area contributed by atoms with Gasteiger partial charge in [0.05, 0.1) is 14.0 Å². The Kier molecular flexibility index (Phi) is 3.19. The first-order chi connectivity index (χ1) is 4.55. The minimum atomic E-state index is 0.0654. The molecule has 1 rings (SSSR count).